The number of nitrogens with zero attached hydrogens (tertiary/aromatic N) is 1. The number of likely N-dealkylation sites (N-methyl/N-ethyl adjacent to an activating group) is 1. The summed E-state index contributed by atoms with van der Waals surface area (Å²) in [4.78, 5) is 0. The van der Waals surface area contributed by atoms with Crippen molar-refractivity contribution in [3.05, 3.63) is 0 Å². The van der Waals surface area contributed by atoms with Crippen LogP contribution < -0.4 is 0 Å². The molecule has 0 radical (unpaired) electrons. The Labute approximate surface area is 70.7 Å². The van der Waals surface area contributed by atoms with Crippen molar-refractivity contribution < 1.29 is 9.22 Å². The largest absolute Gasteiger partial charge is 0.376 e. The summed E-state index contributed by atoms with van der Waals surface area (Å²) in [5, 5.41) is 0. The molecule has 0 aromatic heterocycles. The third-order valence-electron chi connectivity index (χ3n) is 2.51. The maximum absolute atomic E-state index is 5.32. The molecule has 0 fully saturated rings. The van der Waals surface area contributed by atoms with Gasteiger partial charge in [0.1, 0.15) is 6.54 Å². The molecule has 0 bridgehead atoms. The van der Waals surface area contributed by atoms with Crippen molar-refractivity contribution in [2.45, 2.75) is 20.8 Å². The fourth-order valence-electron chi connectivity index (χ4n) is 0.969. The van der Waals surface area contributed by atoms with Gasteiger partial charge in [-0.1, -0.05) is 0 Å². The lowest BCUT2D eigenvalue weighted by molar-refractivity contribution is -0.906. The maximum atomic E-state index is 5.32. The van der Waals surface area contributed by atoms with Crippen LogP contribution in [0.2, 0.25) is 0 Å². The number of quaternary nitrogens is 1. The molecular formula is C9H22NO+. The lowest BCUT2D eigenvalue weighted by Gasteiger charge is -2.31. The zero-order chi connectivity index (χ0) is 8.74. The molecule has 0 aliphatic rings. The molecule has 0 aromatic rings. The van der Waals surface area contributed by atoms with E-state index in [1.165, 1.54) is 13.1 Å². The third-order valence-corrected chi connectivity index (χ3v) is 2.51. The monoisotopic (exact) mass is 160 g/mol. The summed E-state index contributed by atoms with van der Waals surface area (Å²) in [5.74, 6) is 0. The minimum Gasteiger partial charge on any atom is -0.376 e. The van der Waals surface area contributed by atoms with E-state index in [0.29, 0.717) is 0 Å². The zero-order valence-electron chi connectivity index (χ0n) is 8.39. The molecule has 0 heterocycles. The predicted molar refractivity (Wildman–Crippen MR) is 48.6 cm³/mol. The van der Waals surface area contributed by atoms with Crippen molar-refractivity contribution in [1.82, 2.24) is 0 Å². The molecule has 68 valence electrons. The second-order valence-corrected chi connectivity index (χ2v) is 3.17. The van der Waals surface area contributed by atoms with Crippen LogP contribution in [0.3, 0.4) is 0 Å². The molecule has 0 atom stereocenters. The van der Waals surface area contributed by atoms with Gasteiger partial charge in [0.05, 0.1) is 26.7 Å². The van der Waals surface area contributed by atoms with E-state index in [2.05, 4.69) is 20.9 Å². The lowest BCUT2D eigenvalue weighted by atomic mass is 10.4. The summed E-state index contributed by atoms with van der Waals surface area (Å²) in [6.07, 6.45) is 0. The van der Waals surface area contributed by atoms with Gasteiger partial charge in [-0.15, -0.1) is 0 Å². The van der Waals surface area contributed by atoms with Crippen molar-refractivity contribution >= 4 is 0 Å². The number of hydrogen-bond donors (Lipinski definition) is 0. The third kappa shape index (κ3) is 4.38. The Kier molecular flexibility index (Phi) is 5.51. The molecule has 0 aliphatic heterocycles. The Hall–Kier alpha value is -0.0800. The van der Waals surface area contributed by atoms with E-state index in [-0.39, 0.29) is 0 Å². The molecular weight excluding hydrogens is 138 g/mol. The van der Waals surface area contributed by atoms with Gasteiger partial charge < -0.3 is 9.22 Å². The SMILES string of the molecule is CCOCC[N+](C)(CC)CC. The molecule has 2 heteroatoms. The van der Waals surface area contributed by atoms with Crippen molar-refractivity contribution in [1.29, 1.82) is 0 Å². The first-order valence-corrected chi connectivity index (χ1v) is 4.59. The average Bonchev–Trinajstić information content (AvgIpc) is 2.05. The Morgan fingerprint density at radius 3 is 2.00 bits per heavy atom. The van der Waals surface area contributed by atoms with Gasteiger partial charge in [-0.05, 0) is 20.8 Å². The molecule has 0 aromatic carbocycles. The molecule has 0 saturated heterocycles. The van der Waals surface area contributed by atoms with Gasteiger partial charge in [0.15, 0.2) is 0 Å². The van der Waals surface area contributed by atoms with E-state index in [4.69, 9.17) is 4.74 Å². The summed E-state index contributed by atoms with van der Waals surface area (Å²) in [6, 6.07) is 0. The average molecular weight is 160 g/mol. The highest BCUT2D eigenvalue weighted by molar-refractivity contribution is 4.33. The topological polar surface area (TPSA) is 9.23 Å². The van der Waals surface area contributed by atoms with E-state index in [0.717, 1.165) is 24.2 Å². The second-order valence-electron chi connectivity index (χ2n) is 3.17. The standard InChI is InChI=1S/C9H22NO/c1-5-10(4,6-2)8-9-11-7-3/h5-9H2,1-4H3/q+1. The maximum Gasteiger partial charge on any atom is 0.102 e. The van der Waals surface area contributed by atoms with Gasteiger partial charge in [-0.2, -0.15) is 0 Å². The smallest absolute Gasteiger partial charge is 0.102 e. The summed E-state index contributed by atoms with van der Waals surface area (Å²) < 4.78 is 6.44. The van der Waals surface area contributed by atoms with Crippen molar-refractivity contribution in [2.75, 3.05) is 39.9 Å². The van der Waals surface area contributed by atoms with Crippen molar-refractivity contribution in [3.63, 3.8) is 0 Å². The first-order valence-electron chi connectivity index (χ1n) is 4.59. The van der Waals surface area contributed by atoms with E-state index in [1.54, 1.807) is 0 Å². The Morgan fingerprint density at radius 1 is 1.09 bits per heavy atom. The fraction of sp³-hybridized carbons (Fsp3) is 1.00. The van der Waals surface area contributed by atoms with Gasteiger partial charge in [-0.3, -0.25) is 0 Å². The minimum absolute atomic E-state index is 0.841. The van der Waals surface area contributed by atoms with Crippen LogP contribution in [0.1, 0.15) is 20.8 Å². The molecule has 0 aliphatic carbocycles. The van der Waals surface area contributed by atoms with Crippen LogP contribution in [0.15, 0.2) is 0 Å². The van der Waals surface area contributed by atoms with Crippen LogP contribution >= 0.6 is 0 Å². The van der Waals surface area contributed by atoms with E-state index < -0.39 is 0 Å². The summed E-state index contributed by atoms with van der Waals surface area (Å²) in [5.41, 5.74) is 0. The van der Waals surface area contributed by atoms with Gasteiger partial charge in [0.2, 0.25) is 0 Å². The predicted octanol–water partition coefficient (Wildman–Crippen LogP) is 1.51. The quantitative estimate of drug-likeness (QED) is 0.423. The van der Waals surface area contributed by atoms with Gasteiger partial charge >= 0.3 is 0 Å². The fourth-order valence-corrected chi connectivity index (χ4v) is 0.969. The first-order chi connectivity index (χ1) is 5.18. The molecule has 0 amide bonds. The Bertz CT molecular complexity index is 89.6. The normalized spacial score (nSPS) is 12.0. The van der Waals surface area contributed by atoms with E-state index in [9.17, 15) is 0 Å². The lowest BCUT2D eigenvalue weighted by Crippen LogP contribution is -2.45. The molecule has 0 unspecified atom stereocenters. The van der Waals surface area contributed by atoms with Crippen LogP contribution in [0.4, 0.5) is 0 Å². The van der Waals surface area contributed by atoms with Gasteiger partial charge in [-0.25, -0.2) is 0 Å². The zero-order valence-corrected chi connectivity index (χ0v) is 8.39. The van der Waals surface area contributed by atoms with Crippen molar-refractivity contribution in [2.24, 2.45) is 0 Å². The summed E-state index contributed by atoms with van der Waals surface area (Å²) in [6.45, 7) is 11.8. The highest BCUT2D eigenvalue weighted by atomic mass is 16.5. The van der Waals surface area contributed by atoms with E-state index >= 15 is 0 Å². The first kappa shape index (κ1) is 10.9. The highest BCUT2D eigenvalue weighted by Crippen LogP contribution is 1.99. The van der Waals surface area contributed by atoms with E-state index in [1.807, 2.05) is 6.92 Å². The molecule has 0 N–H and O–H groups in total. The molecule has 0 saturated carbocycles. The minimum atomic E-state index is 0.841. The highest BCUT2D eigenvalue weighted by Gasteiger charge is 2.14. The van der Waals surface area contributed by atoms with Gasteiger partial charge in [0, 0.05) is 6.61 Å². The van der Waals surface area contributed by atoms with Gasteiger partial charge in [0.25, 0.3) is 0 Å². The van der Waals surface area contributed by atoms with Crippen molar-refractivity contribution in [3.8, 4) is 0 Å². The van der Waals surface area contributed by atoms with Crippen LogP contribution in [0.5, 0.6) is 0 Å². The Balaban J connectivity index is 3.51. The van der Waals surface area contributed by atoms with Crippen LogP contribution in [0, 0.1) is 0 Å². The number of rotatable bonds is 6. The number of ether oxygens (including phenoxy) is 1. The van der Waals surface area contributed by atoms with Crippen LogP contribution in [-0.2, 0) is 4.74 Å². The summed E-state index contributed by atoms with van der Waals surface area (Å²) in [7, 11) is 2.28. The van der Waals surface area contributed by atoms with Crippen LogP contribution in [-0.4, -0.2) is 44.4 Å². The molecule has 2 nitrogen and oxygen atoms in total. The number of hydrogen-bond acceptors (Lipinski definition) is 1. The Morgan fingerprint density at radius 2 is 1.64 bits per heavy atom. The van der Waals surface area contributed by atoms with Crippen LogP contribution in [0.25, 0.3) is 0 Å². The second kappa shape index (κ2) is 5.56. The molecule has 0 rings (SSSR count). The summed E-state index contributed by atoms with van der Waals surface area (Å²) >= 11 is 0. The molecule has 0 spiro atoms. The molecule has 11 heavy (non-hydrogen) atoms.